The molecule has 0 fully saturated rings. The average molecular weight is 460 g/mol. The van der Waals surface area contributed by atoms with E-state index in [1.54, 1.807) is 18.1 Å². The van der Waals surface area contributed by atoms with Gasteiger partial charge in [0.1, 0.15) is 18.3 Å². The van der Waals surface area contributed by atoms with Gasteiger partial charge >= 0.3 is 0 Å². The Balaban J connectivity index is 1.64. The molecule has 0 aliphatic carbocycles. The topological polar surface area (TPSA) is 79.0 Å². The first-order chi connectivity index (χ1) is 16.5. The molecule has 34 heavy (non-hydrogen) atoms. The maximum atomic E-state index is 13.7. The second kappa shape index (κ2) is 9.95. The summed E-state index contributed by atoms with van der Waals surface area (Å²) in [6, 6.07) is 18.1. The van der Waals surface area contributed by atoms with Gasteiger partial charge in [0.2, 0.25) is 11.8 Å². The SMILES string of the molecule is CCNC(=O)[C@@H](CC)N(Cc1ccc(OC)cc1)C(=O)CN1C(=O)c2cccc3cccc1c23. The predicted octanol–water partition coefficient (Wildman–Crippen LogP) is 3.75. The number of rotatable bonds is 9. The van der Waals surface area contributed by atoms with Crippen molar-refractivity contribution in [2.24, 2.45) is 0 Å². The van der Waals surface area contributed by atoms with Crippen molar-refractivity contribution >= 4 is 34.2 Å². The third-order valence-corrected chi connectivity index (χ3v) is 6.19. The molecule has 0 aromatic heterocycles. The molecule has 0 spiro atoms. The number of amides is 3. The highest BCUT2D eigenvalue weighted by atomic mass is 16.5. The number of carbonyl (C=O) groups excluding carboxylic acids is 3. The Bertz CT molecular complexity index is 1220. The summed E-state index contributed by atoms with van der Waals surface area (Å²) in [5, 5.41) is 4.66. The van der Waals surface area contributed by atoms with Crippen molar-refractivity contribution in [3.05, 3.63) is 71.8 Å². The molecule has 3 amide bonds. The Kier molecular flexibility index (Phi) is 6.82. The molecule has 0 unspecified atom stereocenters. The summed E-state index contributed by atoms with van der Waals surface area (Å²) in [6.45, 7) is 4.31. The third-order valence-electron chi connectivity index (χ3n) is 6.19. The summed E-state index contributed by atoms with van der Waals surface area (Å²) in [6.07, 6.45) is 0.456. The number of benzene rings is 3. The summed E-state index contributed by atoms with van der Waals surface area (Å²) >= 11 is 0. The van der Waals surface area contributed by atoms with Crippen LogP contribution in [-0.2, 0) is 16.1 Å². The lowest BCUT2D eigenvalue weighted by molar-refractivity contribution is -0.140. The van der Waals surface area contributed by atoms with Crippen LogP contribution in [0.15, 0.2) is 60.7 Å². The number of hydrogen-bond donors (Lipinski definition) is 1. The monoisotopic (exact) mass is 459 g/mol. The smallest absolute Gasteiger partial charge is 0.259 e. The molecule has 0 bridgehead atoms. The van der Waals surface area contributed by atoms with E-state index >= 15 is 0 Å². The fourth-order valence-electron chi connectivity index (χ4n) is 4.50. The van der Waals surface area contributed by atoms with Gasteiger partial charge in [0, 0.05) is 24.0 Å². The van der Waals surface area contributed by atoms with E-state index in [1.165, 1.54) is 4.90 Å². The van der Waals surface area contributed by atoms with Crippen LogP contribution in [0.25, 0.3) is 10.8 Å². The van der Waals surface area contributed by atoms with E-state index < -0.39 is 6.04 Å². The van der Waals surface area contributed by atoms with Gasteiger partial charge < -0.3 is 15.0 Å². The lowest BCUT2D eigenvalue weighted by Gasteiger charge is -2.32. The molecule has 0 saturated heterocycles. The molecule has 1 aliphatic heterocycles. The number of nitrogens with zero attached hydrogens (tertiary/aromatic N) is 2. The van der Waals surface area contributed by atoms with Gasteiger partial charge in [0.25, 0.3) is 5.91 Å². The van der Waals surface area contributed by atoms with E-state index in [9.17, 15) is 14.4 Å². The van der Waals surface area contributed by atoms with Crippen molar-refractivity contribution in [1.82, 2.24) is 10.2 Å². The summed E-state index contributed by atoms with van der Waals surface area (Å²) in [7, 11) is 1.60. The molecule has 0 saturated carbocycles. The van der Waals surface area contributed by atoms with Gasteiger partial charge in [-0.2, -0.15) is 0 Å². The zero-order valence-corrected chi connectivity index (χ0v) is 19.7. The minimum absolute atomic E-state index is 0.140. The van der Waals surface area contributed by atoms with Crippen LogP contribution in [0.4, 0.5) is 5.69 Å². The quantitative estimate of drug-likeness (QED) is 0.529. The van der Waals surface area contributed by atoms with Gasteiger partial charge in [0.15, 0.2) is 0 Å². The Morgan fingerprint density at radius 1 is 1.03 bits per heavy atom. The van der Waals surface area contributed by atoms with Gasteiger partial charge in [-0.3, -0.25) is 19.3 Å². The first kappa shape index (κ1) is 23.3. The van der Waals surface area contributed by atoms with Crippen molar-refractivity contribution in [2.75, 3.05) is 25.1 Å². The van der Waals surface area contributed by atoms with Crippen molar-refractivity contribution < 1.29 is 19.1 Å². The van der Waals surface area contributed by atoms with Gasteiger partial charge in [-0.15, -0.1) is 0 Å². The molecule has 7 nitrogen and oxygen atoms in total. The van der Waals surface area contributed by atoms with Crippen LogP contribution in [0.5, 0.6) is 5.75 Å². The van der Waals surface area contributed by atoms with Gasteiger partial charge in [-0.25, -0.2) is 0 Å². The van der Waals surface area contributed by atoms with Gasteiger partial charge in [0.05, 0.1) is 12.8 Å². The number of carbonyl (C=O) groups is 3. The molecule has 176 valence electrons. The number of likely N-dealkylation sites (N-methyl/N-ethyl adjacent to an activating group) is 1. The van der Waals surface area contributed by atoms with Gasteiger partial charge in [-0.1, -0.05) is 43.3 Å². The molecule has 3 aromatic rings. The zero-order valence-electron chi connectivity index (χ0n) is 19.7. The molecule has 4 rings (SSSR count). The molecule has 0 radical (unpaired) electrons. The molecule has 1 aliphatic rings. The fourth-order valence-corrected chi connectivity index (χ4v) is 4.50. The van der Waals surface area contributed by atoms with Crippen LogP contribution in [0, 0.1) is 0 Å². The van der Waals surface area contributed by atoms with Crippen LogP contribution >= 0.6 is 0 Å². The standard InChI is InChI=1S/C27H29N3O4/c1-4-22(26(32)28-5-2)29(16-18-12-14-20(34-3)15-13-18)24(31)17-30-23-11-7-9-19-8-6-10-21(25(19)23)27(30)33/h6-15,22H,4-5,16-17H2,1-3H3,(H,28,32)/t22-/m1/s1. The molecular weight excluding hydrogens is 430 g/mol. The first-order valence-electron chi connectivity index (χ1n) is 11.5. The average Bonchev–Trinajstić information content (AvgIpc) is 3.12. The molecular formula is C27H29N3O4. The normalized spacial score (nSPS) is 13.1. The summed E-state index contributed by atoms with van der Waals surface area (Å²) < 4.78 is 5.23. The lowest BCUT2D eigenvalue weighted by atomic mass is 10.1. The van der Waals surface area contributed by atoms with E-state index in [0.29, 0.717) is 24.3 Å². The third kappa shape index (κ3) is 4.33. The predicted molar refractivity (Wildman–Crippen MR) is 132 cm³/mol. The highest BCUT2D eigenvalue weighted by molar-refractivity contribution is 6.26. The maximum Gasteiger partial charge on any atom is 0.259 e. The molecule has 1 heterocycles. The number of nitrogens with one attached hydrogen (secondary N) is 1. The van der Waals surface area contributed by atoms with Crippen LogP contribution < -0.4 is 15.0 Å². The van der Waals surface area contributed by atoms with E-state index in [-0.39, 0.29) is 30.8 Å². The first-order valence-corrected chi connectivity index (χ1v) is 11.5. The Hall–Kier alpha value is -3.87. The minimum atomic E-state index is -0.648. The van der Waals surface area contributed by atoms with Crippen LogP contribution in [0.2, 0.25) is 0 Å². The lowest BCUT2D eigenvalue weighted by Crippen LogP contribution is -2.52. The molecule has 1 N–H and O–H groups in total. The Labute approximate surface area is 199 Å². The van der Waals surface area contributed by atoms with Crippen molar-refractivity contribution in [2.45, 2.75) is 32.9 Å². The summed E-state index contributed by atoms with van der Waals surface area (Å²) in [5.74, 6) is 0.0265. The zero-order chi connectivity index (χ0) is 24.2. The highest BCUT2D eigenvalue weighted by Crippen LogP contribution is 2.37. The van der Waals surface area contributed by atoms with E-state index in [4.69, 9.17) is 4.74 Å². The Morgan fingerprint density at radius 2 is 1.74 bits per heavy atom. The van der Waals surface area contributed by atoms with Crippen molar-refractivity contribution in [3.63, 3.8) is 0 Å². The van der Waals surface area contributed by atoms with E-state index in [2.05, 4.69) is 5.32 Å². The van der Waals surface area contributed by atoms with Crippen LogP contribution in [0.3, 0.4) is 0 Å². The summed E-state index contributed by atoms with van der Waals surface area (Å²) in [5.41, 5.74) is 2.19. The second-order valence-electron chi connectivity index (χ2n) is 8.26. The minimum Gasteiger partial charge on any atom is -0.497 e. The van der Waals surface area contributed by atoms with E-state index in [1.807, 2.05) is 68.4 Å². The molecule has 3 aromatic carbocycles. The number of anilines is 1. The number of methoxy groups -OCH3 is 1. The second-order valence-corrected chi connectivity index (χ2v) is 8.26. The molecule has 1 atom stereocenters. The highest BCUT2D eigenvalue weighted by Gasteiger charge is 2.35. The Morgan fingerprint density at radius 3 is 2.38 bits per heavy atom. The summed E-state index contributed by atoms with van der Waals surface area (Å²) in [4.78, 5) is 42.8. The van der Waals surface area contributed by atoms with Gasteiger partial charge in [-0.05, 0) is 48.6 Å². The van der Waals surface area contributed by atoms with Crippen LogP contribution in [-0.4, -0.2) is 48.9 Å². The number of hydrogen-bond acceptors (Lipinski definition) is 4. The van der Waals surface area contributed by atoms with Crippen LogP contribution in [0.1, 0.15) is 36.2 Å². The largest absolute Gasteiger partial charge is 0.497 e. The van der Waals surface area contributed by atoms with E-state index in [0.717, 1.165) is 22.0 Å². The number of ether oxygens (including phenoxy) is 1. The van der Waals surface area contributed by atoms with Crippen molar-refractivity contribution in [3.8, 4) is 5.75 Å². The maximum absolute atomic E-state index is 13.7. The molecule has 7 heteroatoms. The fraction of sp³-hybridized carbons (Fsp3) is 0.296. The van der Waals surface area contributed by atoms with Crippen molar-refractivity contribution in [1.29, 1.82) is 0 Å².